The molecule has 2 aromatic carbocycles. The molecule has 0 aliphatic rings. The van der Waals surface area contributed by atoms with E-state index >= 15 is 0 Å². The molecular formula is C36H47N5O. The van der Waals surface area contributed by atoms with Gasteiger partial charge in [-0.25, -0.2) is 9.97 Å². The van der Waals surface area contributed by atoms with Crippen LogP contribution in [0.3, 0.4) is 0 Å². The third kappa shape index (κ3) is 9.30. The first-order valence-corrected chi connectivity index (χ1v) is 14.5. The third-order valence-electron chi connectivity index (χ3n) is 6.78. The second kappa shape index (κ2) is 17.4. The van der Waals surface area contributed by atoms with Crippen molar-refractivity contribution < 1.29 is 4.79 Å². The van der Waals surface area contributed by atoms with Gasteiger partial charge in [0, 0.05) is 62.1 Å². The van der Waals surface area contributed by atoms with E-state index in [2.05, 4.69) is 83.5 Å². The van der Waals surface area contributed by atoms with Gasteiger partial charge in [-0.05, 0) is 68.5 Å². The lowest BCUT2D eigenvalue weighted by Gasteiger charge is -2.16. The topological polar surface area (TPSA) is 71.8 Å². The van der Waals surface area contributed by atoms with Gasteiger partial charge in [0.25, 0.3) is 0 Å². The quantitative estimate of drug-likeness (QED) is 0.157. The van der Waals surface area contributed by atoms with Crippen LogP contribution in [0, 0.1) is 0 Å². The maximum Gasteiger partial charge on any atom is 0.160 e. The fraction of sp³-hybridized carbons (Fsp3) is 0.306. The van der Waals surface area contributed by atoms with Crippen LogP contribution in [0.2, 0.25) is 0 Å². The number of anilines is 2. The SMILES string of the molecule is C=CC.CCC(C)=C(C(C)=O)c1cc(-c2ccc(-c3nccn3C)cc2)ccc1NC.CCCc1ccc(NC)nc1. The van der Waals surface area contributed by atoms with Gasteiger partial charge in [-0.3, -0.25) is 4.79 Å². The number of nitrogens with zero attached hydrogens (tertiary/aromatic N) is 3. The number of imidazole rings is 1. The summed E-state index contributed by atoms with van der Waals surface area (Å²) < 4.78 is 2.01. The van der Waals surface area contributed by atoms with Crippen molar-refractivity contribution >= 4 is 22.9 Å². The van der Waals surface area contributed by atoms with Crippen LogP contribution in [-0.4, -0.2) is 34.4 Å². The summed E-state index contributed by atoms with van der Waals surface area (Å²) in [6, 6.07) is 18.7. The van der Waals surface area contributed by atoms with Gasteiger partial charge in [-0.1, -0.05) is 68.3 Å². The summed E-state index contributed by atoms with van der Waals surface area (Å²) in [5.41, 5.74) is 8.42. The Bertz CT molecular complexity index is 1450. The van der Waals surface area contributed by atoms with Crippen LogP contribution in [-0.2, 0) is 18.3 Å². The number of hydrogen-bond acceptors (Lipinski definition) is 5. The minimum Gasteiger partial charge on any atom is -0.388 e. The minimum absolute atomic E-state index is 0.0955. The number of pyridine rings is 1. The number of Topliss-reactive ketones (excluding diaryl/α,β-unsaturated/α-hetero) is 1. The van der Waals surface area contributed by atoms with E-state index in [9.17, 15) is 4.79 Å². The van der Waals surface area contributed by atoms with E-state index in [0.717, 1.165) is 63.6 Å². The molecule has 0 radical (unpaired) electrons. The van der Waals surface area contributed by atoms with Crippen LogP contribution in [0.1, 0.15) is 58.6 Å². The summed E-state index contributed by atoms with van der Waals surface area (Å²) in [5, 5.41) is 6.21. The Kier molecular flexibility index (Phi) is 14.0. The molecule has 6 heteroatoms. The number of rotatable bonds is 9. The van der Waals surface area contributed by atoms with E-state index in [1.807, 2.05) is 64.1 Å². The first-order valence-electron chi connectivity index (χ1n) is 14.5. The fourth-order valence-electron chi connectivity index (χ4n) is 4.51. The van der Waals surface area contributed by atoms with Crippen LogP contribution >= 0.6 is 0 Å². The molecule has 0 spiro atoms. The highest BCUT2D eigenvalue weighted by Crippen LogP contribution is 2.33. The lowest BCUT2D eigenvalue weighted by Crippen LogP contribution is -2.04. The second-order valence-electron chi connectivity index (χ2n) is 9.97. The van der Waals surface area contributed by atoms with Gasteiger partial charge in [-0.2, -0.15) is 0 Å². The maximum absolute atomic E-state index is 12.4. The molecule has 2 heterocycles. The van der Waals surface area contributed by atoms with E-state index in [4.69, 9.17) is 0 Å². The number of carbonyl (C=O) groups excluding carboxylic acids is 1. The van der Waals surface area contributed by atoms with Gasteiger partial charge in [0.2, 0.25) is 0 Å². The van der Waals surface area contributed by atoms with Crippen molar-refractivity contribution in [3.63, 3.8) is 0 Å². The summed E-state index contributed by atoms with van der Waals surface area (Å²) in [6.07, 6.45) is 10.6. The molecule has 222 valence electrons. The van der Waals surface area contributed by atoms with Gasteiger partial charge in [0.1, 0.15) is 11.6 Å². The number of aromatic nitrogens is 3. The average Bonchev–Trinajstić information content (AvgIpc) is 3.44. The molecule has 0 unspecified atom stereocenters. The number of allylic oxidation sites excluding steroid dienone is 3. The fourth-order valence-corrected chi connectivity index (χ4v) is 4.51. The molecule has 0 atom stereocenters. The lowest BCUT2D eigenvalue weighted by atomic mass is 9.91. The summed E-state index contributed by atoms with van der Waals surface area (Å²) in [6.45, 7) is 13.2. The van der Waals surface area contributed by atoms with Gasteiger partial charge < -0.3 is 15.2 Å². The zero-order chi connectivity index (χ0) is 31.1. The predicted octanol–water partition coefficient (Wildman–Crippen LogP) is 8.84. The average molecular weight is 566 g/mol. The molecule has 2 N–H and O–H groups in total. The molecule has 0 saturated heterocycles. The van der Waals surface area contributed by atoms with E-state index < -0.39 is 0 Å². The van der Waals surface area contributed by atoms with Gasteiger partial charge in [-0.15, -0.1) is 6.58 Å². The van der Waals surface area contributed by atoms with Crippen LogP contribution < -0.4 is 10.6 Å². The molecule has 0 aliphatic carbocycles. The molecule has 4 rings (SSSR count). The Morgan fingerprint density at radius 2 is 1.57 bits per heavy atom. The summed E-state index contributed by atoms with van der Waals surface area (Å²) >= 11 is 0. The largest absolute Gasteiger partial charge is 0.388 e. The van der Waals surface area contributed by atoms with E-state index in [0.29, 0.717) is 0 Å². The van der Waals surface area contributed by atoms with Crippen molar-refractivity contribution in [2.24, 2.45) is 7.05 Å². The van der Waals surface area contributed by atoms with Crippen LogP contribution in [0.4, 0.5) is 11.5 Å². The highest BCUT2D eigenvalue weighted by Gasteiger charge is 2.16. The molecule has 2 aromatic heterocycles. The monoisotopic (exact) mass is 565 g/mol. The van der Waals surface area contributed by atoms with E-state index in [1.165, 1.54) is 12.0 Å². The summed E-state index contributed by atoms with van der Waals surface area (Å²) in [5.74, 6) is 1.97. The number of hydrogen-bond donors (Lipinski definition) is 2. The smallest absolute Gasteiger partial charge is 0.160 e. The van der Waals surface area contributed by atoms with Gasteiger partial charge in [0.05, 0.1) is 0 Å². The number of nitrogens with one attached hydrogen (secondary N) is 2. The molecule has 0 aliphatic heterocycles. The minimum atomic E-state index is 0.0955. The first kappa shape index (κ1) is 33.8. The highest BCUT2D eigenvalue weighted by atomic mass is 16.1. The van der Waals surface area contributed by atoms with Gasteiger partial charge >= 0.3 is 0 Å². The Hall–Kier alpha value is -4.45. The molecule has 42 heavy (non-hydrogen) atoms. The zero-order valence-electron chi connectivity index (χ0n) is 26.6. The summed E-state index contributed by atoms with van der Waals surface area (Å²) in [7, 11) is 5.76. The molecule has 6 nitrogen and oxygen atoms in total. The Morgan fingerprint density at radius 1 is 0.929 bits per heavy atom. The Labute approximate surface area is 252 Å². The Morgan fingerprint density at radius 3 is 2.05 bits per heavy atom. The molecule has 0 saturated carbocycles. The van der Waals surface area contributed by atoms with Crippen molar-refractivity contribution in [2.45, 2.75) is 53.9 Å². The van der Waals surface area contributed by atoms with Crippen LogP contribution in [0.25, 0.3) is 28.1 Å². The lowest BCUT2D eigenvalue weighted by molar-refractivity contribution is -0.111. The van der Waals surface area contributed by atoms with E-state index in [1.54, 1.807) is 19.2 Å². The highest BCUT2D eigenvalue weighted by molar-refractivity contribution is 6.22. The molecular weight excluding hydrogens is 518 g/mol. The second-order valence-corrected chi connectivity index (χ2v) is 9.97. The maximum atomic E-state index is 12.4. The van der Waals surface area contributed by atoms with Gasteiger partial charge in [0.15, 0.2) is 5.78 Å². The number of ketones is 1. The predicted molar refractivity (Wildman–Crippen MR) is 181 cm³/mol. The standard InChI is InChI=1S/C24H27N3O.C9H14N2.C3H6/c1-6-16(2)23(17(3)28)21-15-20(11-12-22(21)25-4)18-7-9-19(10-8-18)24-26-13-14-27(24)5;1-3-4-8-5-6-9(10-2)11-7-8;1-3-2/h7-15,25H,6H2,1-5H3;5-7H,3-4H2,1-2H3,(H,10,11);3H,1H2,2H3. The molecule has 0 fully saturated rings. The normalized spacial score (nSPS) is 10.8. The first-order chi connectivity index (χ1) is 20.2. The van der Waals surface area contributed by atoms with E-state index in [-0.39, 0.29) is 5.78 Å². The van der Waals surface area contributed by atoms with Crippen molar-refractivity contribution in [1.82, 2.24) is 14.5 Å². The number of aryl methyl sites for hydroxylation is 2. The third-order valence-corrected chi connectivity index (χ3v) is 6.78. The molecule has 0 bridgehead atoms. The number of carbonyl (C=O) groups is 1. The number of benzene rings is 2. The summed E-state index contributed by atoms with van der Waals surface area (Å²) in [4.78, 5) is 21.0. The Balaban J connectivity index is 0.000000365. The van der Waals surface area contributed by atoms with Crippen LogP contribution in [0.5, 0.6) is 0 Å². The van der Waals surface area contributed by atoms with Crippen molar-refractivity contribution in [2.75, 3.05) is 24.7 Å². The molecule has 4 aromatic rings. The van der Waals surface area contributed by atoms with Crippen molar-refractivity contribution in [3.05, 3.63) is 103 Å². The molecule has 0 amide bonds. The van der Waals surface area contributed by atoms with Crippen molar-refractivity contribution in [3.8, 4) is 22.5 Å². The van der Waals surface area contributed by atoms with Crippen LogP contribution in [0.15, 0.2) is 91.4 Å². The zero-order valence-corrected chi connectivity index (χ0v) is 26.6. The van der Waals surface area contributed by atoms with Crippen molar-refractivity contribution in [1.29, 1.82) is 0 Å².